The normalized spacial score (nSPS) is 26.0. The number of carbonyl (C=O) groups excluding carboxylic acids is 1. The summed E-state index contributed by atoms with van der Waals surface area (Å²) in [5.41, 5.74) is 3.10. The molecule has 2 fully saturated rings. The van der Waals surface area contributed by atoms with Crippen LogP contribution in [0.2, 0.25) is 0 Å². The molecule has 4 aromatic rings. The van der Waals surface area contributed by atoms with Gasteiger partial charge in [0.15, 0.2) is 0 Å². The van der Waals surface area contributed by atoms with E-state index in [4.69, 9.17) is 28.9 Å². The quantitative estimate of drug-likeness (QED) is 0.0403. The van der Waals surface area contributed by atoms with Gasteiger partial charge in [-0.05, 0) is 98.4 Å². The first kappa shape index (κ1) is 44.6. The maximum atomic E-state index is 15.2. The van der Waals surface area contributed by atoms with Gasteiger partial charge >= 0.3 is 0 Å². The summed E-state index contributed by atoms with van der Waals surface area (Å²) in [6.45, 7) is 4.73. The van der Waals surface area contributed by atoms with Crippen molar-refractivity contribution in [3.63, 3.8) is 0 Å². The summed E-state index contributed by atoms with van der Waals surface area (Å²) >= 11 is 0. The van der Waals surface area contributed by atoms with Crippen LogP contribution in [0.15, 0.2) is 113 Å². The average Bonchev–Trinajstić information content (AvgIpc) is 3.31. The van der Waals surface area contributed by atoms with Gasteiger partial charge in [-0.25, -0.2) is 8.42 Å². The van der Waals surface area contributed by atoms with Crippen LogP contribution >= 0.6 is 0 Å². The summed E-state index contributed by atoms with van der Waals surface area (Å²) < 4.78 is 58.4. The highest BCUT2D eigenvalue weighted by atomic mass is 32.2. The molecular weight excluding hydrogens is 823 g/mol. The lowest BCUT2D eigenvalue weighted by molar-refractivity contribution is -0.250. The van der Waals surface area contributed by atoms with E-state index in [2.05, 4.69) is 17.6 Å². The Balaban J connectivity index is 1.34. The van der Waals surface area contributed by atoms with Crippen LogP contribution in [0, 0.1) is 17.8 Å². The predicted octanol–water partition coefficient (Wildman–Crippen LogP) is 8.32. The van der Waals surface area contributed by atoms with Crippen molar-refractivity contribution >= 4 is 32.9 Å². The second-order valence-corrected chi connectivity index (χ2v) is 18.8. The molecule has 0 spiro atoms. The molecule has 8 rings (SSSR count). The summed E-state index contributed by atoms with van der Waals surface area (Å²) in [5, 5.41) is 25.5. The van der Waals surface area contributed by atoms with Crippen molar-refractivity contribution in [1.29, 1.82) is 0 Å². The fraction of sp³-hybridized carbons (Fsp3) is 0.449. The van der Waals surface area contributed by atoms with E-state index in [1.165, 1.54) is 4.31 Å². The van der Waals surface area contributed by atoms with Crippen LogP contribution in [-0.2, 0) is 24.3 Å². The number of allylic oxidation sites excluding steroid dienone is 1. The lowest BCUT2D eigenvalue weighted by atomic mass is 9.55. The largest absolute Gasteiger partial charge is 0.460 e. The van der Waals surface area contributed by atoms with Gasteiger partial charge in [-0.1, -0.05) is 60.5 Å². The van der Waals surface area contributed by atoms with Crippen molar-refractivity contribution in [2.24, 2.45) is 22.9 Å². The molecule has 0 bridgehead atoms. The van der Waals surface area contributed by atoms with Crippen LogP contribution in [0.3, 0.4) is 0 Å². The van der Waals surface area contributed by atoms with Gasteiger partial charge < -0.3 is 34.0 Å². The highest BCUT2D eigenvalue weighted by molar-refractivity contribution is 7.89. The zero-order valence-corrected chi connectivity index (χ0v) is 36.5. The third-order valence-electron chi connectivity index (χ3n) is 13.0. The molecule has 3 heterocycles. The number of sulfonamides is 1. The molecule has 334 valence electrons. The number of fused-ring (bicyclic) bond motifs is 3. The minimum Gasteiger partial charge on any atom is -0.460 e. The molecule has 4 aliphatic rings. The number of oxime groups is 1. The number of aldehydes is 1. The molecule has 3 aromatic carbocycles. The maximum Gasteiger partial charge on any atom is 0.245 e. The van der Waals surface area contributed by atoms with Crippen molar-refractivity contribution in [3.05, 3.63) is 114 Å². The monoisotopic (exact) mass is 879 g/mol. The van der Waals surface area contributed by atoms with E-state index < -0.39 is 34.1 Å². The van der Waals surface area contributed by atoms with Gasteiger partial charge in [0.2, 0.25) is 22.1 Å². The summed E-state index contributed by atoms with van der Waals surface area (Å²) in [4.78, 5) is 22.5. The molecule has 7 atom stereocenters. The van der Waals surface area contributed by atoms with Crippen molar-refractivity contribution in [3.8, 4) is 17.2 Å². The lowest BCUT2D eigenvalue weighted by Crippen LogP contribution is -2.69. The van der Waals surface area contributed by atoms with Crippen LogP contribution in [0.25, 0.3) is 10.9 Å². The minimum absolute atomic E-state index is 0.000653. The molecule has 2 N–H and O–H groups in total. The number of pyridine rings is 1. The second kappa shape index (κ2) is 19.8. The zero-order chi connectivity index (χ0) is 44.0. The maximum absolute atomic E-state index is 15.2. The van der Waals surface area contributed by atoms with Gasteiger partial charge in [-0.2, -0.15) is 4.31 Å². The van der Waals surface area contributed by atoms with Gasteiger partial charge in [0, 0.05) is 61.7 Å². The Hall–Kier alpha value is -4.96. The van der Waals surface area contributed by atoms with E-state index >= 15 is 8.42 Å². The van der Waals surface area contributed by atoms with Crippen LogP contribution in [-0.4, -0.2) is 91.5 Å². The number of aromatic nitrogens is 1. The molecule has 14 heteroatoms. The van der Waals surface area contributed by atoms with Crippen molar-refractivity contribution < 1.29 is 47.2 Å². The van der Waals surface area contributed by atoms with E-state index in [0.29, 0.717) is 65.3 Å². The predicted molar refractivity (Wildman–Crippen MR) is 238 cm³/mol. The Kier molecular flexibility index (Phi) is 14.1. The fourth-order valence-electron chi connectivity index (χ4n) is 10.1. The number of ether oxygens (including phenoxy) is 4. The average molecular weight is 880 g/mol. The van der Waals surface area contributed by atoms with Gasteiger partial charge in [0.25, 0.3) is 0 Å². The van der Waals surface area contributed by atoms with Crippen molar-refractivity contribution in [2.75, 3.05) is 33.5 Å². The molecule has 0 radical (unpaired) electrons. The summed E-state index contributed by atoms with van der Waals surface area (Å²) in [7, 11) is -2.73. The minimum atomic E-state index is -4.29. The van der Waals surface area contributed by atoms with E-state index in [-0.39, 0.29) is 48.9 Å². The molecule has 1 saturated carbocycles. The van der Waals surface area contributed by atoms with Gasteiger partial charge in [0.1, 0.15) is 28.4 Å². The van der Waals surface area contributed by atoms with Crippen LogP contribution in [0.1, 0.15) is 86.0 Å². The Morgan fingerprint density at radius 1 is 0.984 bits per heavy atom. The highest BCUT2D eigenvalue weighted by Crippen LogP contribution is 2.62. The molecule has 2 aliphatic carbocycles. The molecule has 13 nitrogen and oxygen atoms in total. The Morgan fingerprint density at radius 3 is 2.56 bits per heavy atom. The van der Waals surface area contributed by atoms with E-state index in [1.54, 1.807) is 67.9 Å². The first-order chi connectivity index (χ1) is 30.7. The van der Waals surface area contributed by atoms with Crippen molar-refractivity contribution in [1.82, 2.24) is 9.29 Å². The SMILES string of the molecule is C=CCOC12Oc3ccc(Oc4cccc(C=O)c4)cc3C3C(CCCCO)C(CCCCO)C=C(C(=NOC4CCCCO4)CC1N(C)S(=O)(=O)c1cccc4cccnc14)C32. The number of para-hydroxylation sites is 1. The van der Waals surface area contributed by atoms with Crippen LogP contribution in [0.5, 0.6) is 17.2 Å². The standard InChI is InChI=1S/C49H57N3O10S/c1-3-26-59-49-44(52(2)63(56,57)43-19-11-15-34-16-12-23-50-48(34)43)31-41(51-62-45-20-6-9-27-58-45)39-29-35(14-4-7-24-53)38(18-5-8-25-54)46(47(39)49)40-30-37(21-22-42(40)61-49)60-36-17-10-13-33(28-36)32-55/h3,10-13,15-17,19,21-23,28-30,32,35,38,44-47,53-54H,1,4-9,14,18,20,24-27,31H2,2H3. The first-order valence-corrected chi connectivity index (χ1v) is 23.6. The van der Waals surface area contributed by atoms with Crippen LogP contribution in [0.4, 0.5) is 0 Å². The number of unbranched alkanes of at least 4 members (excludes halogenated alkanes) is 2. The molecule has 63 heavy (non-hydrogen) atoms. The lowest BCUT2D eigenvalue weighted by Gasteiger charge is -2.59. The van der Waals surface area contributed by atoms with Crippen molar-refractivity contribution in [2.45, 2.75) is 93.1 Å². The molecule has 1 aromatic heterocycles. The summed E-state index contributed by atoms with van der Waals surface area (Å²) in [6.07, 6.45) is 12.6. The third-order valence-corrected chi connectivity index (χ3v) is 14.9. The Morgan fingerprint density at radius 2 is 1.78 bits per heavy atom. The van der Waals surface area contributed by atoms with E-state index in [0.717, 1.165) is 55.9 Å². The molecule has 7 unspecified atom stereocenters. The Labute approximate surface area is 369 Å². The number of hydrogen-bond donors (Lipinski definition) is 2. The molecule has 0 amide bonds. The van der Waals surface area contributed by atoms with Gasteiger partial charge in [-0.15, -0.1) is 6.58 Å². The number of hydrogen-bond acceptors (Lipinski definition) is 12. The van der Waals surface area contributed by atoms with E-state index in [1.807, 2.05) is 24.3 Å². The second-order valence-electron chi connectivity index (χ2n) is 16.8. The fourth-order valence-corrected chi connectivity index (χ4v) is 11.6. The number of likely N-dealkylation sites (N-methyl/N-ethyl adjacent to an activating group) is 1. The van der Waals surface area contributed by atoms with Gasteiger partial charge in [0.05, 0.1) is 36.4 Å². The topological polar surface area (TPSA) is 166 Å². The molecule has 2 aliphatic heterocycles. The smallest absolute Gasteiger partial charge is 0.245 e. The Bertz CT molecular complexity index is 2430. The zero-order valence-electron chi connectivity index (χ0n) is 35.7. The number of nitrogens with zero attached hydrogens (tertiary/aromatic N) is 3. The summed E-state index contributed by atoms with van der Waals surface area (Å²) in [6, 6.07) is 20.3. The van der Waals surface area contributed by atoms with E-state index in [9.17, 15) is 15.0 Å². The number of aliphatic hydroxyl groups is 2. The number of benzene rings is 3. The third kappa shape index (κ3) is 9.07. The molecular formula is C49H57N3O10S. The molecule has 1 saturated heterocycles. The summed E-state index contributed by atoms with van der Waals surface area (Å²) in [5.74, 6) is -1.06. The number of carbonyl (C=O) groups is 1. The van der Waals surface area contributed by atoms with Gasteiger partial charge in [-0.3, -0.25) is 9.78 Å². The van der Waals surface area contributed by atoms with Crippen LogP contribution < -0.4 is 9.47 Å². The number of rotatable bonds is 19. The highest BCUT2D eigenvalue weighted by Gasteiger charge is 2.66. The number of aliphatic hydroxyl groups excluding tert-OH is 2. The first-order valence-electron chi connectivity index (χ1n) is 22.1.